The van der Waals surface area contributed by atoms with Gasteiger partial charge >= 0.3 is 6.03 Å². The van der Waals surface area contributed by atoms with Gasteiger partial charge in [0, 0.05) is 24.2 Å². The number of carbonyl (C=O) groups is 1. The Hall–Kier alpha value is -2.47. The average molecular weight is 306 g/mol. The molecule has 2 rings (SSSR count). The van der Waals surface area contributed by atoms with Gasteiger partial charge in [-0.3, -0.25) is 0 Å². The zero-order valence-corrected chi connectivity index (χ0v) is 11.7. The highest BCUT2D eigenvalue weighted by Crippen LogP contribution is 2.15. The van der Waals surface area contributed by atoms with Gasteiger partial charge in [-0.05, 0) is 12.1 Å². The van der Waals surface area contributed by atoms with Crippen molar-refractivity contribution < 1.29 is 18.7 Å². The first-order valence-electron chi connectivity index (χ1n) is 6.75. The largest absolute Gasteiger partial charge is 0.386 e. The Morgan fingerprint density at radius 3 is 2.32 bits per heavy atom. The summed E-state index contributed by atoms with van der Waals surface area (Å²) in [6.07, 6.45) is -1.15. The van der Waals surface area contributed by atoms with Crippen molar-refractivity contribution in [2.75, 3.05) is 6.54 Å². The van der Waals surface area contributed by atoms with Crippen molar-refractivity contribution in [1.82, 2.24) is 10.6 Å². The van der Waals surface area contributed by atoms with Crippen LogP contribution in [0.15, 0.2) is 48.5 Å². The van der Waals surface area contributed by atoms with E-state index in [1.165, 1.54) is 24.3 Å². The number of amides is 2. The monoisotopic (exact) mass is 306 g/mol. The molecule has 0 saturated heterocycles. The Morgan fingerprint density at radius 1 is 1.00 bits per heavy atom. The minimum absolute atomic E-state index is 0.0221. The van der Waals surface area contributed by atoms with Crippen LogP contribution in [0.3, 0.4) is 0 Å². The molecule has 0 aliphatic rings. The summed E-state index contributed by atoms with van der Waals surface area (Å²) in [5.41, 5.74) is 0.462. The Bertz CT molecular complexity index is 650. The number of halogens is 2. The van der Waals surface area contributed by atoms with Gasteiger partial charge in [-0.2, -0.15) is 0 Å². The van der Waals surface area contributed by atoms with Crippen molar-refractivity contribution in [3.63, 3.8) is 0 Å². The summed E-state index contributed by atoms with van der Waals surface area (Å²) in [6, 6.07) is 11.3. The van der Waals surface area contributed by atoms with Crippen LogP contribution in [0.25, 0.3) is 0 Å². The number of nitrogens with one attached hydrogen (secondary N) is 2. The molecular formula is C16H16F2N2O2. The number of aliphatic hydroxyl groups is 1. The Balaban J connectivity index is 1.81. The van der Waals surface area contributed by atoms with Gasteiger partial charge in [-0.1, -0.05) is 36.4 Å². The van der Waals surface area contributed by atoms with Crippen molar-refractivity contribution in [3.8, 4) is 0 Å². The molecule has 2 amide bonds. The van der Waals surface area contributed by atoms with Gasteiger partial charge in [0.2, 0.25) is 0 Å². The highest BCUT2D eigenvalue weighted by atomic mass is 19.1. The topological polar surface area (TPSA) is 61.4 Å². The normalized spacial score (nSPS) is 11.8. The minimum Gasteiger partial charge on any atom is -0.386 e. The summed E-state index contributed by atoms with van der Waals surface area (Å²) < 4.78 is 26.8. The standard InChI is InChI=1S/C16H16F2N2O2/c17-13-7-3-1-5-11(13)9-19-16(22)20-10-15(21)12-6-2-4-8-14(12)18/h1-8,15,21H,9-10H2,(H2,19,20,22)/t15-/m1/s1. The first kappa shape index (κ1) is 15.9. The average Bonchev–Trinajstić information content (AvgIpc) is 2.52. The molecule has 3 N–H and O–H groups in total. The van der Waals surface area contributed by atoms with Crippen LogP contribution < -0.4 is 10.6 Å². The smallest absolute Gasteiger partial charge is 0.315 e. The third-order valence-corrected chi connectivity index (χ3v) is 3.12. The van der Waals surface area contributed by atoms with E-state index < -0.39 is 23.8 Å². The predicted octanol–water partition coefficient (Wildman–Crippen LogP) is 2.50. The summed E-state index contributed by atoms with van der Waals surface area (Å²) >= 11 is 0. The zero-order chi connectivity index (χ0) is 15.9. The molecule has 4 nitrogen and oxygen atoms in total. The molecule has 0 spiro atoms. The van der Waals surface area contributed by atoms with Crippen molar-refractivity contribution >= 4 is 6.03 Å². The number of rotatable bonds is 5. The maximum atomic E-state index is 13.4. The number of hydrogen-bond acceptors (Lipinski definition) is 2. The molecule has 0 aliphatic heterocycles. The van der Waals surface area contributed by atoms with Gasteiger partial charge in [-0.25, -0.2) is 13.6 Å². The third-order valence-electron chi connectivity index (χ3n) is 3.12. The quantitative estimate of drug-likeness (QED) is 0.795. The molecule has 1 atom stereocenters. The minimum atomic E-state index is -1.15. The van der Waals surface area contributed by atoms with Crippen molar-refractivity contribution in [3.05, 3.63) is 71.3 Å². The van der Waals surface area contributed by atoms with Gasteiger partial charge in [0.25, 0.3) is 0 Å². The first-order valence-corrected chi connectivity index (χ1v) is 6.75. The number of carbonyl (C=O) groups excluding carboxylic acids is 1. The molecule has 0 bridgehead atoms. The lowest BCUT2D eigenvalue weighted by molar-refractivity contribution is 0.169. The van der Waals surface area contributed by atoms with Gasteiger partial charge in [-0.15, -0.1) is 0 Å². The van der Waals surface area contributed by atoms with E-state index in [0.717, 1.165) is 0 Å². The van der Waals surface area contributed by atoms with Gasteiger partial charge in [0.1, 0.15) is 11.6 Å². The van der Waals surface area contributed by atoms with Crippen LogP contribution >= 0.6 is 0 Å². The van der Waals surface area contributed by atoms with Crippen LogP contribution in [0.5, 0.6) is 0 Å². The number of urea groups is 1. The Labute approximate surface area is 126 Å². The number of aliphatic hydroxyl groups excluding tert-OH is 1. The van der Waals surface area contributed by atoms with Crippen LogP contribution in [0.1, 0.15) is 17.2 Å². The van der Waals surface area contributed by atoms with Gasteiger partial charge in [0.15, 0.2) is 0 Å². The zero-order valence-electron chi connectivity index (χ0n) is 11.7. The molecule has 0 fully saturated rings. The van der Waals surface area contributed by atoms with Crippen molar-refractivity contribution in [1.29, 1.82) is 0 Å². The number of hydrogen-bond donors (Lipinski definition) is 3. The maximum Gasteiger partial charge on any atom is 0.315 e. The van der Waals surface area contributed by atoms with E-state index in [4.69, 9.17) is 0 Å². The molecular weight excluding hydrogens is 290 g/mol. The molecule has 0 saturated carbocycles. The highest BCUT2D eigenvalue weighted by Gasteiger charge is 2.13. The van der Waals surface area contributed by atoms with E-state index in [9.17, 15) is 18.7 Å². The first-order chi connectivity index (χ1) is 10.6. The van der Waals surface area contributed by atoms with E-state index in [-0.39, 0.29) is 18.7 Å². The Morgan fingerprint density at radius 2 is 1.64 bits per heavy atom. The van der Waals surface area contributed by atoms with E-state index in [1.54, 1.807) is 24.3 Å². The van der Waals surface area contributed by atoms with Crippen LogP contribution in [0.4, 0.5) is 13.6 Å². The summed E-state index contributed by atoms with van der Waals surface area (Å²) in [4.78, 5) is 11.6. The fourth-order valence-electron chi connectivity index (χ4n) is 1.92. The van der Waals surface area contributed by atoms with Crippen LogP contribution in [0, 0.1) is 11.6 Å². The van der Waals surface area contributed by atoms with E-state index in [0.29, 0.717) is 5.56 Å². The summed E-state index contributed by atoms with van der Waals surface area (Å²) in [5, 5.41) is 14.7. The molecule has 0 aromatic heterocycles. The van der Waals surface area contributed by atoms with Crippen LogP contribution in [-0.4, -0.2) is 17.7 Å². The second-order valence-electron chi connectivity index (χ2n) is 4.69. The van der Waals surface area contributed by atoms with E-state index in [2.05, 4.69) is 10.6 Å². The summed E-state index contributed by atoms with van der Waals surface area (Å²) in [5.74, 6) is -0.947. The third kappa shape index (κ3) is 4.26. The molecule has 22 heavy (non-hydrogen) atoms. The Kier molecular flexibility index (Phi) is 5.43. The molecule has 0 unspecified atom stereocenters. The van der Waals surface area contributed by atoms with Crippen molar-refractivity contribution in [2.45, 2.75) is 12.6 Å². The summed E-state index contributed by atoms with van der Waals surface area (Å²) in [6.45, 7) is -0.127. The van der Waals surface area contributed by atoms with Crippen LogP contribution in [0.2, 0.25) is 0 Å². The number of benzene rings is 2. The highest BCUT2D eigenvalue weighted by molar-refractivity contribution is 5.73. The van der Waals surface area contributed by atoms with Gasteiger partial charge < -0.3 is 15.7 Å². The second kappa shape index (κ2) is 7.51. The lowest BCUT2D eigenvalue weighted by Gasteiger charge is -2.13. The van der Waals surface area contributed by atoms with Crippen LogP contribution in [-0.2, 0) is 6.54 Å². The molecule has 0 heterocycles. The molecule has 2 aromatic carbocycles. The molecule has 0 radical (unpaired) electrons. The molecule has 6 heteroatoms. The van der Waals surface area contributed by atoms with Gasteiger partial charge in [0.05, 0.1) is 6.10 Å². The predicted molar refractivity (Wildman–Crippen MR) is 78.0 cm³/mol. The molecule has 116 valence electrons. The lowest BCUT2D eigenvalue weighted by atomic mass is 10.1. The SMILES string of the molecule is O=C(NCc1ccccc1F)NC[C@@H](O)c1ccccc1F. The second-order valence-corrected chi connectivity index (χ2v) is 4.69. The van der Waals surface area contributed by atoms with E-state index in [1.807, 2.05) is 0 Å². The molecule has 2 aromatic rings. The summed E-state index contributed by atoms with van der Waals surface area (Å²) in [7, 11) is 0. The molecule has 0 aliphatic carbocycles. The fraction of sp³-hybridized carbons (Fsp3) is 0.188. The maximum absolute atomic E-state index is 13.4. The van der Waals surface area contributed by atoms with E-state index >= 15 is 0 Å². The fourth-order valence-corrected chi connectivity index (χ4v) is 1.92. The lowest BCUT2D eigenvalue weighted by Crippen LogP contribution is -2.37. The van der Waals surface area contributed by atoms with Crippen molar-refractivity contribution in [2.24, 2.45) is 0 Å².